The zero-order valence-electron chi connectivity index (χ0n) is 16.5. The van der Waals surface area contributed by atoms with E-state index in [0.29, 0.717) is 11.7 Å². The van der Waals surface area contributed by atoms with Gasteiger partial charge in [-0.25, -0.2) is 4.79 Å². The molecule has 3 heteroatoms. The molecule has 3 aliphatic rings. The zero-order valence-corrected chi connectivity index (χ0v) is 16.5. The Bertz CT molecular complexity index is 663. The van der Waals surface area contributed by atoms with Gasteiger partial charge in [-0.05, 0) is 74.0 Å². The van der Waals surface area contributed by atoms with Gasteiger partial charge in [0, 0.05) is 5.41 Å². The van der Waals surface area contributed by atoms with Gasteiger partial charge in [-0.15, -0.1) is 0 Å². The topological polar surface area (TPSA) is 35.5 Å². The Balaban J connectivity index is 1.44. The molecule has 3 fully saturated rings. The molecule has 1 aromatic carbocycles. The number of methoxy groups -OCH3 is 1. The van der Waals surface area contributed by atoms with Crippen LogP contribution in [0, 0.1) is 23.7 Å². The van der Waals surface area contributed by atoms with Crippen molar-refractivity contribution in [3.8, 4) is 0 Å². The number of fused-ring (bicyclic) bond motifs is 5. The first-order valence-electron chi connectivity index (χ1n) is 10.3. The number of ether oxygens (including phenoxy) is 2. The van der Waals surface area contributed by atoms with E-state index in [0.717, 1.165) is 23.7 Å². The predicted molar refractivity (Wildman–Crippen MR) is 102 cm³/mol. The molecule has 6 atom stereocenters. The number of hydrogen-bond donors (Lipinski definition) is 0. The van der Waals surface area contributed by atoms with Gasteiger partial charge >= 0.3 is 5.97 Å². The summed E-state index contributed by atoms with van der Waals surface area (Å²) in [5.41, 5.74) is 1.71. The van der Waals surface area contributed by atoms with Gasteiger partial charge in [-0.1, -0.05) is 32.4 Å². The molecular weight excluding hydrogens is 324 g/mol. The van der Waals surface area contributed by atoms with E-state index in [4.69, 9.17) is 9.47 Å². The first-order chi connectivity index (χ1) is 12.4. The van der Waals surface area contributed by atoms with E-state index in [1.165, 1.54) is 44.8 Å². The minimum absolute atomic E-state index is 0.0917. The number of carbonyl (C=O) groups excluding carboxylic acids is 1. The maximum atomic E-state index is 11.7. The number of benzene rings is 1. The lowest BCUT2D eigenvalue weighted by Gasteiger charge is -2.38. The van der Waals surface area contributed by atoms with E-state index in [1.54, 1.807) is 0 Å². The molecule has 0 heterocycles. The Morgan fingerprint density at radius 3 is 2.46 bits per heavy atom. The predicted octanol–water partition coefficient (Wildman–Crippen LogP) is 4.98. The molecule has 0 aliphatic heterocycles. The van der Waals surface area contributed by atoms with Crippen LogP contribution in [-0.2, 0) is 14.9 Å². The molecule has 3 nitrogen and oxygen atoms in total. The maximum Gasteiger partial charge on any atom is 0.337 e. The fourth-order valence-electron chi connectivity index (χ4n) is 5.98. The van der Waals surface area contributed by atoms with Crippen molar-refractivity contribution >= 4 is 5.97 Å². The molecular formula is C23H32O3. The van der Waals surface area contributed by atoms with E-state index in [-0.39, 0.29) is 17.5 Å². The van der Waals surface area contributed by atoms with Crippen molar-refractivity contribution in [2.75, 3.05) is 7.11 Å². The van der Waals surface area contributed by atoms with E-state index in [9.17, 15) is 4.79 Å². The fourth-order valence-corrected chi connectivity index (χ4v) is 5.98. The molecule has 2 bridgehead atoms. The smallest absolute Gasteiger partial charge is 0.337 e. The molecule has 0 N–H and O–H groups in total. The largest absolute Gasteiger partial charge is 0.465 e. The molecule has 3 aliphatic carbocycles. The second-order valence-corrected chi connectivity index (χ2v) is 9.26. The first-order valence-corrected chi connectivity index (χ1v) is 10.3. The van der Waals surface area contributed by atoms with Gasteiger partial charge in [-0.3, -0.25) is 0 Å². The number of rotatable bonds is 5. The third kappa shape index (κ3) is 2.89. The third-order valence-corrected chi connectivity index (χ3v) is 7.81. The van der Waals surface area contributed by atoms with Crippen LogP contribution in [0.25, 0.3) is 0 Å². The van der Waals surface area contributed by atoms with Gasteiger partial charge in [0.15, 0.2) is 0 Å². The molecule has 3 saturated carbocycles. The minimum Gasteiger partial charge on any atom is -0.465 e. The molecule has 6 unspecified atom stereocenters. The molecule has 0 saturated heterocycles. The van der Waals surface area contributed by atoms with Crippen molar-refractivity contribution in [2.24, 2.45) is 23.7 Å². The van der Waals surface area contributed by atoms with Crippen LogP contribution in [0.15, 0.2) is 24.3 Å². The Kier molecular flexibility index (Phi) is 4.63. The van der Waals surface area contributed by atoms with E-state index < -0.39 is 0 Å². The van der Waals surface area contributed by atoms with Crippen molar-refractivity contribution < 1.29 is 14.3 Å². The van der Waals surface area contributed by atoms with Gasteiger partial charge in [0.1, 0.15) is 0 Å². The summed E-state index contributed by atoms with van der Waals surface area (Å²) in [4.78, 5) is 11.7. The second-order valence-electron chi connectivity index (χ2n) is 9.26. The highest BCUT2D eigenvalue weighted by atomic mass is 16.5. The number of carbonyl (C=O) groups is 1. The molecule has 0 amide bonds. The van der Waals surface area contributed by atoms with E-state index >= 15 is 0 Å². The zero-order chi connectivity index (χ0) is 18.5. The Morgan fingerprint density at radius 1 is 1.08 bits per heavy atom. The van der Waals surface area contributed by atoms with E-state index in [2.05, 4.69) is 20.8 Å². The van der Waals surface area contributed by atoms with Gasteiger partial charge in [-0.2, -0.15) is 0 Å². The van der Waals surface area contributed by atoms with Crippen LogP contribution in [-0.4, -0.2) is 25.3 Å². The molecule has 26 heavy (non-hydrogen) atoms. The summed E-state index contributed by atoms with van der Waals surface area (Å²) in [5.74, 6) is 3.38. The summed E-state index contributed by atoms with van der Waals surface area (Å²) in [6, 6.07) is 7.80. The Labute approximate surface area is 157 Å². The fraction of sp³-hybridized carbons (Fsp3) is 0.696. The third-order valence-electron chi connectivity index (χ3n) is 7.81. The van der Waals surface area contributed by atoms with Gasteiger partial charge in [0.25, 0.3) is 0 Å². The molecule has 0 radical (unpaired) electrons. The minimum atomic E-state index is -0.285. The second kappa shape index (κ2) is 6.67. The van der Waals surface area contributed by atoms with Crippen molar-refractivity contribution in [3.05, 3.63) is 35.4 Å². The van der Waals surface area contributed by atoms with Crippen molar-refractivity contribution in [1.82, 2.24) is 0 Å². The van der Waals surface area contributed by atoms with Crippen LogP contribution in [0.3, 0.4) is 0 Å². The summed E-state index contributed by atoms with van der Waals surface area (Å²) in [7, 11) is 1.42. The lowest BCUT2D eigenvalue weighted by molar-refractivity contribution is -0.0754. The summed E-state index contributed by atoms with van der Waals surface area (Å²) < 4.78 is 11.5. The van der Waals surface area contributed by atoms with Crippen LogP contribution in [0.4, 0.5) is 0 Å². The summed E-state index contributed by atoms with van der Waals surface area (Å²) in [6.45, 7) is 6.71. The SMILES string of the molecule is COC(=O)c1ccc(C(C)(C)C(C)OC2CC3CC2C2CCCC32)cc1. The average Bonchev–Trinajstić information content (AvgIpc) is 3.34. The van der Waals surface area contributed by atoms with E-state index in [1.807, 2.05) is 24.3 Å². The van der Waals surface area contributed by atoms with Crippen LogP contribution in [0.2, 0.25) is 0 Å². The highest BCUT2D eigenvalue weighted by Gasteiger charge is 2.54. The number of hydrogen-bond acceptors (Lipinski definition) is 3. The molecule has 0 aromatic heterocycles. The average molecular weight is 357 g/mol. The maximum absolute atomic E-state index is 11.7. The summed E-state index contributed by atoms with van der Waals surface area (Å²) >= 11 is 0. The molecule has 142 valence electrons. The quantitative estimate of drug-likeness (QED) is 0.698. The standard InChI is InChI=1S/C23H32O3/c1-14(23(2,3)17-10-8-15(9-11-17)22(24)25-4)26-21-13-16-12-20(21)19-7-5-6-18(16)19/h8-11,14,16,18-21H,5-7,12-13H2,1-4H3. The summed E-state index contributed by atoms with van der Waals surface area (Å²) in [5, 5.41) is 0. The van der Waals surface area contributed by atoms with Gasteiger partial charge in [0.2, 0.25) is 0 Å². The first kappa shape index (κ1) is 18.0. The van der Waals surface area contributed by atoms with Crippen molar-refractivity contribution in [2.45, 2.75) is 70.5 Å². The van der Waals surface area contributed by atoms with Gasteiger partial charge in [0.05, 0.1) is 24.9 Å². The normalized spacial score (nSPS) is 33.9. The molecule has 1 aromatic rings. The monoisotopic (exact) mass is 356 g/mol. The van der Waals surface area contributed by atoms with Crippen molar-refractivity contribution in [1.29, 1.82) is 0 Å². The van der Waals surface area contributed by atoms with Crippen LogP contribution in [0.5, 0.6) is 0 Å². The van der Waals surface area contributed by atoms with Crippen molar-refractivity contribution in [3.63, 3.8) is 0 Å². The summed E-state index contributed by atoms with van der Waals surface area (Å²) in [6.07, 6.45) is 7.60. The van der Waals surface area contributed by atoms with Crippen LogP contribution in [0.1, 0.15) is 68.8 Å². The lowest BCUT2D eigenvalue weighted by atomic mass is 9.78. The van der Waals surface area contributed by atoms with Gasteiger partial charge < -0.3 is 9.47 Å². The highest BCUT2D eigenvalue weighted by molar-refractivity contribution is 5.89. The lowest BCUT2D eigenvalue weighted by Crippen LogP contribution is -2.40. The Hall–Kier alpha value is -1.35. The highest BCUT2D eigenvalue weighted by Crippen LogP contribution is 2.59. The number of esters is 1. The molecule has 4 rings (SSSR count). The van der Waals surface area contributed by atoms with Crippen LogP contribution >= 0.6 is 0 Å². The Morgan fingerprint density at radius 2 is 1.77 bits per heavy atom. The molecule has 0 spiro atoms. The van der Waals surface area contributed by atoms with Crippen LogP contribution < -0.4 is 0 Å².